The summed E-state index contributed by atoms with van der Waals surface area (Å²) in [5, 5.41) is 2.87. The van der Waals surface area contributed by atoms with Crippen LogP contribution < -0.4 is 5.73 Å². The number of hydrogen-bond donors (Lipinski definition) is 1. The average Bonchev–Trinajstić information content (AvgIpc) is 2.91. The summed E-state index contributed by atoms with van der Waals surface area (Å²) in [5.41, 5.74) is 7.39. The van der Waals surface area contributed by atoms with E-state index in [2.05, 4.69) is 42.5 Å². The van der Waals surface area contributed by atoms with E-state index in [1.165, 1.54) is 10.4 Å². The van der Waals surface area contributed by atoms with Gasteiger partial charge in [-0.1, -0.05) is 29.8 Å². The predicted molar refractivity (Wildman–Crippen MR) is 88.3 cm³/mol. The zero-order valence-electron chi connectivity index (χ0n) is 12.1. The van der Waals surface area contributed by atoms with Crippen LogP contribution in [0.1, 0.15) is 36.4 Å². The van der Waals surface area contributed by atoms with Gasteiger partial charge in [-0.25, -0.2) is 0 Å². The summed E-state index contributed by atoms with van der Waals surface area (Å²) < 4.78 is 0. The topological polar surface area (TPSA) is 29.3 Å². The number of halogens is 1. The minimum atomic E-state index is 0.0286. The van der Waals surface area contributed by atoms with Crippen LogP contribution >= 0.6 is 22.9 Å². The molecule has 0 spiro atoms. The van der Waals surface area contributed by atoms with Crippen LogP contribution in [0.15, 0.2) is 41.8 Å². The number of hydrogen-bond acceptors (Lipinski definition) is 3. The summed E-state index contributed by atoms with van der Waals surface area (Å²) >= 11 is 7.90. The zero-order valence-corrected chi connectivity index (χ0v) is 13.7. The minimum Gasteiger partial charge on any atom is -0.326 e. The van der Waals surface area contributed by atoms with Gasteiger partial charge in [0.1, 0.15) is 0 Å². The molecule has 2 rings (SSSR count). The van der Waals surface area contributed by atoms with Crippen LogP contribution in [0.4, 0.5) is 0 Å². The highest BCUT2D eigenvalue weighted by Gasteiger charge is 2.26. The second-order valence-electron chi connectivity index (χ2n) is 5.22. The Morgan fingerprint density at radius 3 is 2.50 bits per heavy atom. The maximum absolute atomic E-state index is 6.23. The first-order chi connectivity index (χ1) is 9.50. The summed E-state index contributed by atoms with van der Waals surface area (Å²) in [7, 11) is 2.12. The van der Waals surface area contributed by atoms with Crippen molar-refractivity contribution in [3.05, 3.63) is 57.2 Å². The van der Waals surface area contributed by atoms with Gasteiger partial charge in [-0.05, 0) is 50.0 Å². The monoisotopic (exact) mass is 308 g/mol. The number of nitrogens with two attached hydrogens (primary N) is 1. The number of likely N-dealkylation sites (N-methyl/N-ethyl adjacent to an activating group) is 1. The molecule has 2 nitrogen and oxygen atoms in total. The summed E-state index contributed by atoms with van der Waals surface area (Å²) in [6.45, 7) is 4.26. The third-order valence-electron chi connectivity index (χ3n) is 3.69. The van der Waals surface area contributed by atoms with E-state index >= 15 is 0 Å². The Kier molecular flexibility index (Phi) is 5.22. The highest BCUT2D eigenvalue weighted by atomic mass is 35.5. The number of rotatable bonds is 5. The van der Waals surface area contributed by atoms with E-state index in [1.54, 1.807) is 11.3 Å². The molecule has 0 fully saturated rings. The molecule has 0 aliphatic rings. The zero-order chi connectivity index (χ0) is 14.7. The molecule has 0 aliphatic heterocycles. The van der Waals surface area contributed by atoms with Crippen molar-refractivity contribution >= 4 is 22.9 Å². The van der Waals surface area contributed by atoms with Crippen LogP contribution in [-0.2, 0) is 0 Å². The molecule has 0 saturated heterocycles. The molecule has 1 aromatic carbocycles. The van der Waals surface area contributed by atoms with Crippen LogP contribution in [0, 0.1) is 0 Å². The molecule has 4 heteroatoms. The molecular weight excluding hydrogens is 288 g/mol. The van der Waals surface area contributed by atoms with E-state index in [-0.39, 0.29) is 12.1 Å². The Balaban J connectivity index is 2.29. The lowest BCUT2D eigenvalue weighted by molar-refractivity contribution is 0.168. The van der Waals surface area contributed by atoms with Gasteiger partial charge in [0.2, 0.25) is 0 Å². The maximum Gasteiger partial charge on any atom is 0.0500 e. The third kappa shape index (κ3) is 3.41. The molecule has 1 aromatic heterocycles. The third-order valence-corrected chi connectivity index (χ3v) is 4.97. The van der Waals surface area contributed by atoms with Crippen LogP contribution in [0.5, 0.6) is 0 Å². The molecule has 108 valence electrons. The van der Waals surface area contributed by atoms with Crippen LogP contribution in [0.25, 0.3) is 0 Å². The largest absolute Gasteiger partial charge is 0.326 e. The number of benzene rings is 1. The van der Waals surface area contributed by atoms with Crippen LogP contribution in [0.2, 0.25) is 5.02 Å². The van der Waals surface area contributed by atoms with Gasteiger partial charge < -0.3 is 5.73 Å². The first-order valence-electron chi connectivity index (χ1n) is 6.77. The van der Waals surface area contributed by atoms with Crippen molar-refractivity contribution in [3.8, 4) is 0 Å². The van der Waals surface area contributed by atoms with E-state index in [4.69, 9.17) is 17.3 Å². The van der Waals surface area contributed by atoms with Crippen molar-refractivity contribution in [3.63, 3.8) is 0 Å². The number of thiophene rings is 1. The lowest BCUT2D eigenvalue weighted by Crippen LogP contribution is -2.38. The molecule has 3 atom stereocenters. The molecule has 3 unspecified atom stereocenters. The van der Waals surface area contributed by atoms with Crippen molar-refractivity contribution in [2.24, 2.45) is 5.73 Å². The molecule has 20 heavy (non-hydrogen) atoms. The van der Waals surface area contributed by atoms with Crippen molar-refractivity contribution in [1.29, 1.82) is 0 Å². The highest BCUT2D eigenvalue weighted by molar-refractivity contribution is 7.10. The van der Waals surface area contributed by atoms with E-state index in [0.717, 1.165) is 5.02 Å². The molecule has 1 heterocycles. The smallest absolute Gasteiger partial charge is 0.0500 e. The normalized spacial score (nSPS) is 16.1. The standard InChI is InChI=1S/C16H21ClN2S/c1-11(18)16(13-6-4-7-14(17)10-13)19(3)12(2)15-8-5-9-20-15/h4-12,16H,18H2,1-3H3. The highest BCUT2D eigenvalue weighted by Crippen LogP contribution is 2.33. The van der Waals surface area contributed by atoms with Crippen molar-refractivity contribution < 1.29 is 0 Å². The second-order valence-corrected chi connectivity index (χ2v) is 6.63. The molecule has 0 bridgehead atoms. The fraction of sp³-hybridized carbons (Fsp3) is 0.375. The molecule has 0 aliphatic carbocycles. The summed E-state index contributed by atoms with van der Waals surface area (Å²) in [4.78, 5) is 3.67. The second kappa shape index (κ2) is 6.72. The van der Waals surface area contributed by atoms with Gasteiger partial charge in [0.15, 0.2) is 0 Å². The summed E-state index contributed by atoms with van der Waals surface area (Å²) in [5.74, 6) is 0. The van der Waals surface area contributed by atoms with Gasteiger partial charge in [-0.2, -0.15) is 0 Å². The predicted octanol–water partition coefficient (Wildman–Crippen LogP) is 4.48. The van der Waals surface area contributed by atoms with Gasteiger partial charge in [0, 0.05) is 28.0 Å². The Morgan fingerprint density at radius 2 is 1.95 bits per heavy atom. The van der Waals surface area contributed by atoms with Gasteiger partial charge >= 0.3 is 0 Å². The van der Waals surface area contributed by atoms with Crippen molar-refractivity contribution in [1.82, 2.24) is 4.90 Å². The molecule has 0 amide bonds. The number of nitrogens with zero attached hydrogens (tertiary/aromatic N) is 1. The molecule has 2 aromatic rings. The maximum atomic E-state index is 6.23. The minimum absolute atomic E-state index is 0.0286. The van der Waals surface area contributed by atoms with Gasteiger partial charge in [0.05, 0.1) is 0 Å². The van der Waals surface area contributed by atoms with E-state index < -0.39 is 0 Å². The molecule has 2 N–H and O–H groups in total. The lowest BCUT2D eigenvalue weighted by atomic mass is 9.98. The Morgan fingerprint density at radius 1 is 1.20 bits per heavy atom. The molecule has 0 saturated carbocycles. The van der Waals surface area contributed by atoms with Gasteiger partial charge in [-0.3, -0.25) is 4.90 Å². The first kappa shape index (κ1) is 15.5. The van der Waals surface area contributed by atoms with Crippen LogP contribution in [-0.4, -0.2) is 18.0 Å². The van der Waals surface area contributed by atoms with E-state index in [9.17, 15) is 0 Å². The quantitative estimate of drug-likeness (QED) is 0.882. The van der Waals surface area contributed by atoms with E-state index in [1.807, 2.05) is 25.1 Å². The van der Waals surface area contributed by atoms with Crippen molar-refractivity contribution in [2.75, 3.05) is 7.05 Å². The van der Waals surface area contributed by atoms with Gasteiger partial charge in [0.25, 0.3) is 0 Å². The van der Waals surface area contributed by atoms with Crippen LogP contribution in [0.3, 0.4) is 0 Å². The van der Waals surface area contributed by atoms with Crippen molar-refractivity contribution in [2.45, 2.75) is 32.0 Å². The Bertz CT molecular complexity index is 539. The Labute approximate surface area is 130 Å². The SMILES string of the molecule is CC(N)C(c1cccc(Cl)c1)N(C)C(C)c1cccs1. The summed E-state index contributed by atoms with van der Waals surface area (Å²) in [6.07, 6.45) is 0. The fourth-order valence-electron chi connectivity index (χ4n) is 2.57. The Hall–Kier alpha value is -0.870. The fourth-order valence-corrected chi connectivity index (χ4v) is 3.60. The van der Waals surface area contributed by atoms with E-state index in [0.29, 0.717) is 6.04 Å². The lowest BCUT2D eigenvalue weighted by Gasteiger charge is -2.35. The average molecular weight is 309 g/mol. The summed E-state index contributed by atoms with van der Waals surface area (Å²) in [6, 6.07) is 12.7. The molecular formula is C16H21ClN2S. The first-order valence-corrected chi connectivity index (χ1v) is 8.03. The van der Waals surface area contributed by atoms with Gasteiger partial charge in [-0.15, -0.1) is 11.3 Å². The molecule has 0 radical (unpaired) electrons.